The maximum absolute atomic E-state index is 13.2. The quantitative estimate of drug-likeness (QED) is 0.503. The van der Waals surface area contributed by atoms with Crippen LogP contribution in [0.4, 0.5) is 23.9 Å². The third kappa shape index (κ3) is 5.18. The number of alkyl halides is 3. The Kier molecular flexibility index (Phi) is 6.89. The third-order valence-electron chi connectivity index (χ3n) is 6.27. The molecule has 2 atom stereocenters. The van der Waals surface area contributed by atoms with Gasteiger partial charge in [0.05, 0.1) is 5.00 Å². The summed E-state index contributed by atoms with van der Waals surface area (Å²) < 4.78 is 67.8. The number of nitrogen functional groups attached to an aromatic ring is 1. The molecule has 4 rings (SSSR count). The Morgan fingerprint density at radius 2 is 1.69 bits per heavy atom. The normalized spacial score (nSPS) is 19.5. The topological polar surface area (TPSA) is 86.9 Å². The number of anilines is 2. The lowest BCUT2D eigenvalue weighted by Gasteiger charge is -2.42. The first-order valence-corrected chi connectivity index (χ1v) is 13.2. The number of sulfonamides is 1. The first-order valence-electron chi connectivity index (χ1n) is 11.0. The van der Waals surface area contributed by atoms with Gasteiger partial charge in [-0.3, -0.25) is 0 Å². The van der Waals surface area contributed by atoms with Crippen molar-refractivity contribution in [3.8, 4) is 0 Å². The van der Waals surface area contributed by atoms with E-state index >= 15 is 0 Å². The lowest BCUT2D eigenvalue weighted by molar-refractivity contribution is -0.258. The molecule has 2 aromatic carbocycles. The van der Waals surface area contributed by atoms with Gasteiger partial charge in [0.15, 0.2) is 5.60 Å². The van der Waals surface area contributed by atoms with Crippen LogP contribution in [0, 0.1) is 0 Å². The van der Waals surface area contributed by atoms with Crippen molar-refractivity contribution in [1.82, 2.24) is 4.31 Å². The molecule has 2 heterocycles. The number of piperazine rings is 1. The van der Waals surface area contributed by atoms with Crippen LogP contribution in [0.3, 0.4) is 0 Å². The molecule has 0 radical (unpaired) electrons. The number of aliphatic hydroxyl groups is 1. The Balaban J connectivity index is 1.62. The Morgan fingerprint density at radius 3 is 2.26 bits per heavy atom. The fourth-order valence-corrected chi connectivity index (χ4v) is 6.90. The van der Waals surface area contributed by atoms with E-state index in [1.165, 1.54) is 34.6 Å². The summed E-state index contributed by atoms with van der Waals surface area (Å²) in [5.74, 6) is 0. The number of nitrogens with zero attached hydrogens (tertiary/aromatic N) is 2. The maximum Gasteiger partial charge on any atom is 0.421 e. The lowest BCUT2D eigenvalue weighted by atomic mass is 9.94. The number of thiophene rings is 1. The standard InChI is InChI=1S/C24H26F3N3O3S2/c1-23(31,24(25,26)27)18-7-9-19(10-8-18)30-14-13-29(35(32,33)22-12-11-21(28)34-22)16-20(30)15-17-5-3-2-4-6-17/h2-12,20,31H,13-16,28H2,1H3/t20-,23-/m0/s1. The highest BCUT2D eigenvalue weighted by Gasteiger charge is 2.51. The van der Waals surface area contributed by atoms with Gasteiger partial charge in [-0.1, -0.05) is 42.5 Å². The molecule has 3 aromatic rings. The summed E-state index contributed by atoms with van der Waals surface area (Å²) in [6.45, 7) is 1.50. The van der Waals surface area contributed by atoms with Crippen LogP contribution in [0.1, 0.15) is 18.1 Å². The highest BCUT2D eigenvalue weighted by molar-refractivity contribution is 7.91. The van der Waals surface area contributed by atoms with Crippen LogP contribution in [0.15, 0.2) is 70.9 Å². The predicted octanol–water partition coefficient (Wildman–Crippen LogP) is 4.22. The van der Waals surface area contributed by atoms with E-state index in [2.05, 4.69) is 0 Å². The Labute approximate surface area is 206 Å². The number of hydrogen-bond acceptors (Lipinski definition) is 6. The minimum atomic E-state index is -4.81. The van der Waals surface area contributed by atoms with Gasteiger partial charge in [0.1, 0.15) is 4.21 Å². The number of hydrogen-bond donors (Lipinski definition) is 2. The zero-order valence-corrected chi connectivity index (χ0v) is 20.6. The minimum absolute atomic E-state index is 0.181. The van der Waals surface area contributed by atoms with Crippen LogP contribution in [0.25, 0.3) is 0 Å². The van der Waals surface area contributed by atoms with Gasteiger partial charge in [-0.15, -0.1) is 11.3 Å². The molecule has 1 aromatic heterocycles. The third-order valence-corrected chi connectivity index (χ3v) is 9.52. The van der Waals surface area contributed by atoms with E-state index in [-0.39, 0.29) is 28.9 Å². The van der Waals surface area contributed by atoms with Crippen LogP contribution < -0.4 is 10.6 Å². The average Bonchev–Trinajstić information content (AvgIpc) is 3.26. The van der Waals surface area contributed by atoms with Gasteiger partial charge in [0.2, 0.25) is 0 Å². The summed E-state index contributed by atoms with van der Waals surface area (Å²) in [7, 11) is -3.73. The zero-order valence-electron chi connectivity index (χ0n) is 18.9. The molecule has 1 saturated heterocycles. The molecule has 0 saturated carbocycles. The molecular weight excluding hydrogens is 499 g/mol. The highest BCUT2D eigenvalue weighted by atomic mass is 32.2. The summed E-state index contributed by atoms with van der Waals surface area (Å²) in [6, 6.07) is 18.0. The van der Waals surface area contributed by atoms with E-state index < -0.39 is 21.8 Å². The van der Waals surface area contributed by atoms with E-state index in [9.17, 15) is 26.7 Å². The fourth-order valence-electron chi connectivity index (χ4n) is 4.19. The van der Waals surface area contributed by atoms with Crippen LogP contribution in [0.5, 0.6) is 0 Å². The summed E-state index contributed by atoms with van der Waals surface area (Å²) in [6.07, 6.45) is -4.27. The molecule has 0 unspecified atom stereocenters. The van der Waals surface area contributed by atoms with Crippen LogP contribution in [-0.4, -0.2) is 49.7 Å². The largest absolute Gasteiger partial charge is 0.421 e. The Bertz CT molecular complexity index is 1260. The van der Waals surface area contributed by atoms with Gasteiger partial charge in [0, 0.05) is 31.4 Å². The molecule has 0 aliphatic carbocycles. The van der Waals surface area contributed by atoms with Crippen molar-refractivity contribution in [3.05, 3.63) is 77.9 Å². The molecule has 188 valence electrons. The summed E-state index contributed by atoms with van der Waals surface area (Å²) >= 11 is 1.02. The molecule has 35 heavy (non-hydrogen) atoms. The van der Waals surface area contributed by atoms with Crippen molar-refractivity contribution in [3.63, 3.8) is 0 Å². The van der Waals surface area contributed by atoms with Crippen LogP contribution in [-0.2, 0) is 22.0 Å². The van der Waals surface area contributed by atoms with E-state index in [4.69, 9.17) is 5.73 Å². The molecule has 1 aliphatic rings. The van der Waals surface area contributed by atoms with Gasteiger partial charge in [-0.25, -0.2) is 8.42 Å². The zero-order chi connectivity index (χ0) is 25.4. The van der Waals surface area contributed by atoms with Gasteiger partial charge in [-0.05, 0) is 48.7 Å². The van der Waals surface area contributed by atoms with Gasteiger partial charge >= 0.3 is 6.18 Å². The second kappa shape index (κ2) is 9.45. The van der Waals surface area contributed by atoms with Crippen molar-refractivity contribution in [1.29, 1.82) is 0 Å². The Hall–Kier alpha value is -2.60. The summed E-state index contributed by atoms with van der Waals surface area (Å²) in [5, 5.41) is 10.4. The van der Waals surface area contributed by atoms with Gasteiger partial charge in [-0.2, -0.15) is 17.5 Å². The molecule has 1 aliphatic heterocycles. The summed E-state index contributed by atoms with van der Waals surface area (Å²) in [4.78, 5) is 2.01. The highest BCUT2D eigenvalue weighted by Crippen LogP contribution is 2.39. The lowest BCUT2D eigenvalue weighted by Crippen LogP contribution is -2.55. The second-order valence-electron chi connectivity index (χ2n) is 8.67. The first kappa shape index (κ1) is 25.5. The maximum atomic E-state index is 13.2. The van der Waals surface area contributed by atoms with Crippen molar-refractivity contribution < 1.29 is 26.7 Å². The van der Waals surface area contributed by atoms with Crippen molar-refractivity contribution in [2.24, 2.45) is 0 Å². The van der Waals surface area contributed by atoms with E-state index in [1.54, 1.807) is 6.07 Å². The van der Waals surface area contributed by atoms with Crippen LogP contribution >= 0.6 is 11.3 Å². The molecule has 11 heteroatoms. The monoisotopic (exact) mass is 525 g/mol. The van der Waals surface area contributed by atoms with E-state index in [0.29, 0.717) is 23.7 Å². The SMILES string of the molecule is C[C@](O)(c1ccc(N2CCN(S(=O)(=O)c3ccc(N)s3)C[C@@H]2Cc2ccccc2)cc1)C(F)(F)F. The van der Waals surface area contributed by atoms with Crippen molar-refractivity contribution in [2.45, 2.75) is 35.4 Å². The number of rotatable bonds is 6. The average molecular weight is 526 g/mol. The molecule has 1 fully saturated rings. The second-order valence-corrected chi connectivity index (χ2v) is 12.0. The fraction of sp³-hybridized carbons (Fsp3) is 0.333. The molecule has 0 bridgehead atoms. The predicted molar refractivity (Wildman–Crippen MR) is 131 cm³/mol. The van der Waals surface area contributed by atoms with Gasteiger partial charge in [0.25, 0.3) is 10.0 Å². The minimum Gasteiger partial charge on any atom is -0.391 e. The smallest absolute Gasteiger partial charge is 0.391 e. The summed E-state index contributed by atoms with van der Waals surface area (Å²) in [5.41, 5.74) is 4.18. The van der Waals surface area contributed by atoms with Crippen molar-refractivity contribution >= 4 is 32.0 Å². The van der Waals surface area contributed by atoms with E-state index in [0.717, 1.165) is 23.8 Å². The first-order chi connectivity index (χ1) is 16.4. The molecule has 0 spiro atoms. The van der Waals surface area contributed by atoms with Gasteiger partial charge < -0.3 is 15.7 Å². The number of benzene rings is 2. The van der Waals surface area contributed by atoms with Crippen LogP contribution in [0.2, 0.25) is 0 Å². The number of halogens is 3. The van der Waals surface area contributed by atoms with E-state index in [1.807, 2.05) is 35.2 Å². The molecule has 0 amide bonds. The number of nitrogens with two attached hydrogens (primary N) is 1. The molecule has 6 nitrogen and oxygen atoms in total. The Morgan fingerprint density at radius 1 is 1.03 bits per heavy atom. The molecule has 3 N–H and O–H groups in total. The molecular formula is C24H26F3N3O3S2. The van der Waals surface area contributed by atoms with Crippen molar-refractivity contribution in [2.75, 3.05) is 30.3 Å².